The maximum absolute atomic E-state index is 12.6. The van der Waals surface area contributed by atoms with Crippen LogP contribution in [0.25, 0.3) is 0 Å². The molecule has 2 amide bonds. The van der Waals surface area contributed by atoms with Crippen molar-refractivity contribution >= 4 is 17.5 Å². The highest BCUT2D eigenvalue weighted by Gasteiger charge is 2.20. The Kier molecular flexibility index (Phi) is 5.49. The number of hydrogen-bond acceptors (Lipinski definition) is 2. The van der Waals surface area contributed by atoms with Gasteiger partial charge < -0.3 is 10.2 Å². The Bertz CT molecular complexity index is 719. The van der Waals surface area contributed by atoms with Crippen molar-refractivity contribution in [2.45, 2.75) is 32.1 Å². The Morgan fingerprint density at radius 2 is 1.64 bits per heavy atom. The predicted molar refractivity (Wildman–Crippen MR) is 99.7 cm³/mol. The highest BCUT2D eigenvalue weighted by Crippen LogP contribution is 2.22. The van der Waals surface area contributed by atoms with Crippen LogP contribution in [-0.4, -0.2) is 29.8 Å². The van der Waals surface area contributed by atoms with Crippen molar-refractivity contribution in [2.24, 2.45) is 0 Å². The van der Waals surface area contributed by atoms with Crippen molar-refractivity contribution in [1.82, 2.24) is 4.90 Å². The standard InChI is InChI=1S/C21H24N2O2/c1-2-19(16-8-4-3-5-9-16)20(24)22-18-12-10-17(11-13-18)21(25)23-14-6-7-15-23/h3-5,8-13,19H,2,6-7,14-15H2,1H3,(H,22,24)/t19-/m0/s1. The molecule has 2 aromatic rings. The minimum Gasteiger partial charge on any atom is -0.339 e. The van der Waals surface area contributed by atoms with Crippen LogP contribution in [0.1, 0.15) is 48.0 Å². The summed E-state index contributed by atoms with van der Waals surface area (Å²) in [6, 6.07) is 17.0. The number of amides is 2. The molecule has 1 heterocycles. The molecule has 0 unspecified atom stereocenters. The van der Waals surface area contributed by atoms with Crippen LogP contribution in [0, 0.1) is 0 Å². The van der Waals surface area contributed by atoms with E-state index in [9.17, 15) is 9.59 Å². The van der Waals surface area contributed by atoms with Gasteiger partial charge in [-0.1, -0.05) is 37.3 Å². The second-order valence-electron chi connectivity index (χ2n) is 6.44. The third-order valence-electron chi connectivity index (χ3n) is 4.72. The number of anilines is 1. The normalized spacial score (nSPS) is 15.0. The van der Waals surface area contributed by atoms with Crippen molar-refractivity contribution in [3.05, 3.63) is 65.7 Å². The summed E-state index contributed by atoms with van der Waals surface area (Å²) in [5, 5.41) is 2.96. The fraction of sp³-hybridized carbons (Fsp3) is 0.333. The van der Waals surface area contributed by atoms with Gasteiger partial charge in [-0.15, -0.1) is 0 Å². The molecule has 4 heteroatoms. The molecule has 1 N–H and O–H groups in total. The molecule has 1 fully saturated rings. The number of nitrogens with zero attached hydrogens (tertiary/aromatic N) is 1. The second-order valence-corrected chi connectivity index (χ2v) is 6.44. The Morgan fingerprint density at radius 3 is 2.24 bits per heavy atom. The number of hydrogen-bond donors (Lipinski definition) is 1. The molecule has 3 rings (SSSR count). The van der Waals surface area contributed by atoms with Crippen molar-refractivity contribution < 1.29 is 9.59 Å². The number of benzene rings is 2. The number of nitrogens with one attached hydrogen (secondary N) is 1. The van der Waals surface area contributed by atoms with Crippen LogP contribution >= 0.6 is 0 Å². The lowest BCUT2D eigenvalue weighted by molar-refractivity contribution is -0.117. The monoisotopic (exact) mass is 336 g/mol. The Morgan fingerprint density at radius 1 is 1.00 bits per heavy atom. The SMILES string of the molecule is CC[C@H](C(=O)Nc1ccc(C(=O)N2CCCC2)cc1)c1ccccc1. The number of carbonyl (C=O) groups excluding carboxylic acids is 2. The lowest BCUT2D eigenvalue weighted by Gasteiger charge is -2.17. The first kappa shape index (κ1) is 17.2. The fourth-order valence-corrected chi connectivity index (χ4v) is 3.29. The maximum Gasteiger partial charge on any atom is 0.253 e. The van der Waals surface area contributed by atoms with Crippen LogP contribution in [0.3, 0.4) is 0 Å². The van der Waals surface area contributed by atoms with Crippen LogP contribution in [-0.2, 0) is 4.79 Å². The van der Waals surface area contributed by atoms with E-state index in [-0.39, 0.29) is 17.7 Å². The number of likely N-dealkylation sites (tertiary alicyclic amines) is 1. The van der Waals surface area contributed by atoms with Gasteiger partial charge in [0.2, 0.25) is 5.91 Å². The zero-order valence-corrected chi connectivity index (χ0v) is 14.6. The maximum atomic E-state index is 12.6. The average molecular weight is 336 g/mol. The Labute approximate surface area is 148 Å². The summed E-state index contributed by atoms with van der Waals surface area (Å²) in [5.41, 5.74) is 2.41. The van der Waals surface area contributed by atoms with E-state index in [4.69, 9.17) is 0 Å². The van der Waals surface area contributed by atoms with Gasteiger partial charge in [0.25, 0.3) is 5.91 Å². The minimum absolute atomic E-state index is 0.0210. The molecule has 1 saturated heterocycles. The molecule has 1 atom stereocenters. The zero-order chi connectivity index (χ0) is 17.6. The van der Waals surface area contributed by atoms with Crippen LogP contribution in [0.2, 0.25) is 0 Å². The van der Waals surface area contributed by atoms with Gasteiger partial charge >= 0.3 is 0 Å². The van der Waals surface area contributed by atoms with Gasteiger partial charge in [-0.25, -0.2) is 0 Å². The molecule has 4 nitrogen and oxygen atoms in total. The lowest BCUT2D eigenvalue weighted by Crippen LogP contribution is -2.27. The van der Waals surface area contributed by atoms with Crippen molar-refractivity contribution in [3.8, 4) is 0 Å². The van der Waals surface area contributed by atoms with E-state index >= 15 is 0 Å². The van der Waals surface area contributed by atoms with E-state index in [0.29, 0.717) is 5.56 Å². The highest BCUT2D eigenvalue weighted by molar-refractivity contribution is 5.97. The minimum atomic E-state index is -0.174. The zero-order valence-electron chi connectivity index (χ0n) is 14.6. The van der Waals surface area contributed by atoms with Gasteiger partial charge in [0.15, 0.2) is 0 Å². The number of carbonyl (C=O) groups is 2. The Hall–Kier alpha value is -2.62. The van der Waals surface area contributed by atoms with Crippen LogP contribution in [0.5, 0.6) is 0 Å². The first-order chi connectivity index (χ1) is 12.2. The van der Waals surface area contributed by atoms with Crippen molar-refractivity contribution in [2.75, 3.05) is 18.4 Å². The summed E-state index contributed by atoms with van der Waals surface area (Å²) >= 11 is 0. The van der Waals surface area contributed by atoms with E-state index in [1.54, 1.807) is 24.3 Å². The van der Waals surface area contributed by atoms with Crippen LogP contribution in [0.4, 0.5) is 5.69 Å². The molecule has 1 aliphatic rings. The number of rotatable bonds is 5. The predicted octanol–water partition coefficient (Wildman–Crippen LogP) is 4.05. The summed E-state index contributed by atoms with van der Waals surface area (Å²) in [4.78, 5) is 26.8. The van der Waals surface area contributed by atoms with Gasteiger partial charge in [-0.05, 0) is 49.1 Å². The molecule has 2 aromatic carbocycles. The molecule has 0 aromatic heterocycles. The van der Waals surface area contributed by atoms with Crippen LogP contribution in [0.15, 0.2) is 54.6 Å². The van der Waals surface area contributed by atoms with Crippen LogP contribution < -0.4 is 5.32 Å². The molecular weight excluding hydrogens is 312 g/mol. The highest BCUT2D eigenvalue weighted by atomic mass is 16.2. The molecule has 0 aliphatic carbocycles. The largest absolute Gasteiger partial charge is 0.339 e. The molecular formula is C21H24N2O2. The summed E-state index contributed by atoms with van der Waals surface area (Å²) in [5.74, 6) is -0.120. The smallest absolute Gasteiger partial charge is 0.253 e. The Balaban J connectivity index is 1.66. The van der Waals surface area contributed by atoms with Crippen molar-refractivity contribution in [3.63, 3.8) is 0 Å². The van der Waals surface area contributed by atoms with E-state index in [2.05, 4.69) is 5.32 Å². The molecule has 0 spiro atoms. The average Bonchev–Trinajstić information content (AvgIpc) is 3.18. The molecule has 130 valence electrons. The first-order valence-corrected chi connectivity index (χ1v) is 8.94. The lowest BCUT2D eigenvalue weighted by atomic mass is 9.95. The summed E-state index contributed by atoms with van der Waals surface area (Å²) in [6.07, 6.45) is 2.90. The van der Waals surface area contributed by atoms with E-state index in [0.717, 1.165) is 43.6 Å². The summed E-state index contributed by atoms with van der Waals surface area (Å²) in [7, 11) is 0. The van der Waals surface area contributed by atoms with E-state index in [1.807, 2.05) is 42.2 Å². The fourth-order valence-electron chi connectivity index (χ4n) is 3.29. The molecule has 0 bridgehead atoms. The summed E-state index contributed by atoms with van der Waals surface area (Å²) in [6.45, 7) is 3.69. The van der Waals surface area contributed by atoms with E-state index < -0.39 is 0 Å². The third-order valence-corrected chi connectivity index (χ3v) is 4.72. The molecule has 25 heavy (non-hydrogen) atoms. The molecule has 0 radical (unpaired) electrons. The first-order valence-electron chi connectivity index (χ1n) is 8.94. The molecule has 1 aliphatic heterocycles. The van der Waals surface area contributed by atoms with E-state index in [1.165, 1.54) is 0 Å². The van der Waals surface area contributed by atoms with Gasteiger partial charge in [-0.3, -0.25) is 9.59 Å². The molecule has 0 saturated carbocycles. The van der Waals surface area contributed by atoms with Gasteiger partial charge in [0, 0.05) is 24.3 Å². The van der Waals surface area contributed by atoms with Gasteiger partial charge in [-0.2, -0.15) is 0 Å². The van der Waals surface area contributed by atoms with Crippen molar-refractivity contribution in [1.29, 1.82) is 0 Å². The third kappa shape index (κ3) is 4.08. The van der Waals surface area contributed by atoms with Gasteiger partial charge in [0.1, 0.15) is 0 Å². The topological polar surface area (TPSA) is 49.4 Å². The second kappa shape index (κ2) is 7.97. The summed E-state index contributed by atoms with van der Waals surface area (Å²) < 4.78 is 0. The van der Waals surface area contributed by atoms with Gasteiger partial charge in [0.05, 0.1) is 5.92 Å². The quantitative estimate of drug-likeness (QED) is 0.895.